The van der Waals surface area contributed by atoms with Gasteiger partial charge in [-0.05, 0) is 30.5 Å². The van der Waals surface area contributed by atoms with Crippen molar-refractivity contribution in [1.82, 2.24) is 9.13 Å². The van der Waals surface area contributed by atoms with Gasteiger partial charge in [0.15, 0.2) is 0 Å². The summed E-state index contributed by atoms with van der Waals surface area (Å²) in [5.74, 6) is 0.453. The van der Waals surface area contributed by atoms with Crippen LogP contribution >= 0.6 is 11.6 Å². The van der Waals surface area contributed by atoms with E-state index in [1.807, 2.05) is 29.2 Å². The highest BCUT2D eigenvalue weighted by molar-refractivity contribution is 6.30. The number of ether oxygens (including phenoxy) is 1. The predicted molar refractivity (Wildman–Crippen MR) is 137 cm³/mol. The summed E-state index contributed by atoms with van der Waals surface area (Å²) in [5.41, 5.74) is 0.581. The third kappa shape index (κ3) is 6.43. The number of aliphatic hydroxyl groups is 1. The van der Waals surface area contributed by atoms with E-state index in [4.69, 9.17) is 16.3 Å². The number of hydrogen-bond donors (Lipinski definition) is 2. The highest BCUT2D eigenvalue weighted by Crippen LogP contribution is 2.32. The summed E-state index contributed by atoms with van der Waals surface area (Å²) < 4.78 is 8.81. The summed E-state index contributed by atoms with van der Waals surface area (Å²) in [6.07, 6.45) is 8.07. The molecule has 1 unspecified atom stereocenters. The van der Waals surface area contributed by atoms with Crippen LogP contribution in [0, 0.1) is 0 Å². The van der Waals surface area contributed by atoms with E-state index in [-0.39, 0.29) is 18.7 Å². The molecule has 0 fully saturated rings. The number of nitrogens with one attached hydrogen (secondary N) is 1. The first-order valence-electron chi connectivity index (χ1n) is 12.3. The summed E-state index contributed by atoms with van der Waals surface area (Å²) in [4.78, 5) is 28.0. The molecule has 0 spiro atoms. The van der Waals surface area contributed by atoms with Gasteiger partial charge in [-0.15, -0.1) is 0 Å². The predicted octanol–water partition coefficient (Wildman–Crippen LogP) is 4.07. The molecular formula is C25H37ClN4O4. The van der Waals surface area contributed by atoms with Gasteiger partial charge in [0.05, 0.1) is 6.61 Å². The Morgan fingerprint density at radius 1 is 1.03 bits per heavy atom. The Kier molecular flexibility index (Phi) is 10.0. The molecule has 1 aliphatic heterocycles. The number of unbranched alkanes of at least 4 members (excludes halogenated alkanes) is 6. The SMILES string of the molecule is CCCCCCCCCOC1Nc2c(c(=O)n(CCCO)c(=O)n2C)N1Cc1ccc(Cl)cc1. The van der Waals surface area contributed by atoms with Crippen molar-refractivity contribution in [2.24, 2.45) is 7.05 Å². The van der Waals surface area contributed by atoms with Gasteiger partial charge in [0, 0.05) is 31.8 Å². The summed E-state index contributed by atoms with van der Waals surface area (Å²) in [5, 5.41) is 13.1. The van der Waals surface area contributed by atoms with Crippen molar-refractivity contribution in [2.75, 3.05) is 23.4 Å². The molecule has 0 saturated carbocycles. The first kappa shape index (κ1) is 26.3. The molecule has 2 heterocycles. The van der Waals surface area contributed by atoms with E-state index in [0.29, 0.717) is 36.1 Å². The van der Waals surface area contributed by atoms with Crippen LogP contribution in [0.5, 0.6) is 0 Å². The highest BCUT2D eigenvalue weighted by atomic mass is 35.5. The molecule has 0 aliphatic carbocycles. The lowest BCUT2D eigenvalue weighted by Crippen LogP contribution is -2.42. The van der Waals surface area contributed by atoms with E-state index in [9.17, 15) is 14.7 Å². The van der Waals surface area contributed by atoms with E-state index in [2.05, 4.69) is 12.2 Å². The number of nitrogens with zero attached hydrogens (tertiary/aromatic N) is 3. The third-order valence-corrected chi connectivity index (χ3v) is 6.44. The summed E-state index contributed by atoms with van der Waals surface area (Å²) >= 11 is 6.05. The van der Waals surface area contributed by atoms with Crippen molar-refractivity contribution in [2.45, 2.75) is 77.7 Å². The average molecular weight is 493 g/mol. The second-order valence-electron chi connectivity index (χ2n) is 8.82. The van der Waals surface area contributed by atoms with Crippen molar-refractivity contribution < 1.29 is 9.84 Å². The van der Waals surface area contributed by atoms with E-state index >= 15 is 0 Å². The zero-order chi connectivity index (χ0) is 24.5. The molecule has 1 aromatic heterocycles. The number of benzene rings is 1. The van der Waals surface area contributed by atoms with Gasteiger partial charge in [0.1, 0.15) is 11.5 Å². The maximum atomic E-state index is 13.4. The van der Waals surface area contributed by atoms with Crippen LogP contribution in [-0.4, -0.2) is 33.8 Å². The van der Waals surface area contributed by atoms with Crippen molar-refractivity contribution >= 4 is 23.1 Å². The number of rotatable bonds is 14. The van der Waals surface area contributed by atoms with Crippen LogP contribution in [0.25, 0.3) is 0 Å². The number of hydrogen-bond acceptors (Lipinski definition) is 6. The zero-order valence-corrected chi connectivity index (χ0v) is 21.0. The monoisotopic (exact) mass is 492 g/mol. The maximum absolute atomic E-state index is 13.4. The standard InChI is InChI=1S/C25H37ClN4O4/c1-3-4-5-6-7-8-9-17-34-24-27-22-21(30(24)18-19-11-13-20(26)14-12-19)23(32)29(15-10-16-31)25(33)28(22)2/h11-14,24,27,31H,3-10,15-18H2,1-2H3. The van der Waals surface area contributed by atoms with Crippen LogP contribution in [0.4, 0.5) is 11.5 Å². The highest BCUT2D eigenvalue weighted by Gasteiger charge is 2.35. The van der Waals surface area contributed by atoms with Crippen LogP contribution in [0.1, 0.15) is 63.9 Å². The Labute approximate surface area is 206 Å². The van der Waals surface area contributed by atoms with E-state index in [1.54, 1.807) is 7.05 Å². The van der Waals surface area contributed by atoms with Crippen LogP contribution in [0.3, 0.4) is 0 Å². The van der Waals surface area contributed by atoms with Gasteiger partial charge in [0.2, 0.25) is 6.35 Å². The Hall–Kier alpha value is -2.29. The van der Waals surface area contributed by atoms with Crippen molar-refractivity contribution in [3.8, 4) is 0 Å². The van der Waals surface area contributed by atoms with Gasteiger partial charge in [0.25, 0.3) is 5.56 Å². The number of aliphatic hydroxyl groups excluding tert-OH is 1. The van der Waals surface area contributed by atoms with Gasteiger partial charge >= 0.3 is 5.69 Å². The fourth-order valence-corrected chi connectivity index (χ4v) is 4.37. The lowest BCUT2D eigenvalue weighted by Gasteiger charge is -2.26. The molecule has 2 N–H and O–H groups in total. The maximum Gasteiger partial charge on any atom is 0.332 e. The molecule has 3 rings (SSSR count). The lowest BCUT2D eigenvalue weighted by molar-refractivity contribution is 0.0691. The molecule has 8 nitrogen and oxygen atoms in total. The first-order valence-corrected chi connectivity index (χ1v) is 12.7. The Morgan fingerprint density at radius 3 is 2.38 bits per heavy atom. The van der Waals surface area contributed by atoms with Crippen molar-refractivity contribution in [3.05, 3.63) is 55.7 Å². The summed E-state index contributed by atoms with van der Waals surface area (Å²) in [6.45, 7) is 3.26. The minimum absolute atomic E-state index is 0.0937. The Balaban J connectivity index is 1.79. The Morgan fingerprint density at radius 2 is 1.71 bits per heavy atom. The van der Waals surface area contributed by atoms with Crippen LogP contribution in [0.2, 0.25) is 5.02 Å². The van der Waals surface area contributed by atoms with E-state index < -0.39 is 12.0 Å². The number of fused-ring (bicyclic) bond motifs is 1. The zero-order valence-electron chi connectivity index (χ0n) is 20.3. The molecule has 0 radical (unpaired) electrons. The molecule has 1 aliphatic rings. The van der Waals surface area contributed by atoms with E-state index in [0.717, 1.165) is 18.4 Å². The summed E-state index contributed by atoms with van der Waals surface area (Å²) in [6, 6.07) is 7.46. The molecule has 188 valence electrons. The van der Waals surface area contributed by atoms with Gasteiger partial charge in [-0.25, -0.2) is 4.79 Å². The molecule has 0 saturated heterocycles. The fraction of sp³-hybridized carbons (Fsp3) is 0.600. The smallest absolute Gasteiger partial charge is 0.332 e. The van der Waals surface area contributed by atoms with Gasteiger partial charge in [-0.2, -0.15) is 0 Å². The van der Waals surface area contributed by atoms with E-state index in [1.165, 1.54) is 41.2 Å². The first-order chi connectivity index (χ1) is 16.5. The number of anilines is 2. The van der Waals surface area contributed by atoms with Crippen molar-refractivity contribution in [3.63, 3.8) is 0 Å². The lowest BCUT2D eigenvalue weighted by atomic mass is 10.1. The second-order valence-corrected chi connectivity index (χ2v) is 9.25. The summed E-state index contributed by atoms with van der Waals surface area (Å²) in [7, 11) is 1.64. The van der Waals surface area contributed by atoms with Crippen LogP contribution < -0.4 is 21.5 Å². The molecule has 2 aromatic rings. The molecule has 9 heteroatoms. The Bertz CT molecular complexity index is 1030. The van der Waals surface area contributed by atoms with Gasteiger partial charge in [-0.1, -0.05) is 69.2 Å². The van der Waals surface area contributed by atoms with Crippen molar-refractivity contribution in [1.29, 1.82) is 0 Å². The molecule has 1 atom stereocenters. The second kappa shape index (κ2) is 13.0. The van der Waals surface area contributed by atoms with Gasteiger partial charge < -0.3 is 20.1 Å². The minimum Gasteiger partial charge on any atom is -0.396 e. The average Bonchev–Trinajstić information content (AvgIpc) is 3.19. The largest absolute Gasteiger partial charge is 0.396 e. The molecule has 34 heavy (non-hydrogen) atoms. The topological polar surface area (TPSA) is 88.7 Å². The quantitative estimate of drug-likeness (QED) is 0.386. The molecular weight excluding hydrogens is 456 g/mol. The van der Waals surface area contributed by atoms with Gasteiger partial charge in [-0.3, -0.25) is 13.9 Å². The number of halogens is 1. The molecule has 0 amide bonds. The fourth-order valence-electron chi connectivity index (χ4n) is 4.25. The van der Waals surface area contributed by atoms with Crippen LogP contribution in [-0.2, 0) is 24.9 Å². The molecule has 1 aromatic carbocycles. The minimum atomic E-state index is -0.558. The molecule has 0 bridgehead atoms. The van der Waals surface area contributed by atoms with Crippen LogP contribution in [0.15, 0.2) is 33.9 Å². The third-order valence-electron chi connectivity index (χ3n) is 6.19. The number of aromatic nitrogens is 2. The normalized spacial score (nSPS) is 14.9.